The molecule has 4 heteroatoms. The maximum atomic E-state index is 13.5. The van der Waals surface area contributed by atoms with Crippen LogP contribution in [0.4, 0.5) is 4.39 Å². The molecule has 0 aliphatic heterocycles. The van der Waals surface area contributed by atoms with Crippen LogP contribution in [0.1, 0.15) is 58.8 Å². The number of rotatable bonds is 1. The normalized spacial score (nSPS) is 44.6. The zero-order valence-electron chi connectivity index (χ0n) is 15.9. The number of allylic oxidation sites excluding steroid dienone is 3. The highest BCUT2D eigenvalue weighted by Crippen LogP contribution is 2.65. The second-order valence-electron chi connectivity index (χ2n) is 9.65. The van der Waals surface area contributed by atoms with Crippen molar-refractivity contribution < 1.29 is 4.39 Å². The summed E-state index contributed by atoms with van der Waals surface area (Å²) in [7, 11) is 0. The topological polar surface area (TPSA) is 43.8 Å². The highest BCUT2D eigenvalue weighted by Gasteiger charge is 2.56. The minimum atomic E-state index is -0.386. The summed E-state index contributed by atoms with van der Waals surface area (Å²) in [6.07, 6.45) is 16.4. The average molecular weight is 356 g/mol. The van der Waals surface area contributed by atoms with Crippen molar-refractivity contribution >= 4 is 5.70 Å². The van der Waals surface area contributed by atoms with Gasteiger partial charge in [0.1, 0.15) is 6.33 Å². The Bertz CT molecular complexity index is 793. The van der Waals surface area contributed by atoms with Crippen LogP contribution in [-0.4, -0.2) is 15.6 Å². The molecule has 6 atom stereocenters. The van der Waals surface area contributed by atoms with Crippen LogP contribution in [0.3, 0.4) is 0 Å². The van der Waals surface area contributed by atoms with Crippen molar-refractivity contribution in [3.63, 3.8) is 0 Å². The molecule has 0 bridgehead atoms. The molecule has 0 amide bonds. The summed E-state index contributed by atoms with van der Waals surface area (Å²) in [5.41, 5.74) is 9.67. The zero-order chi connectivity index (χ0) is 18.1. The maximum Gasteiger partial charge on any atom is 0.231 e. The second kappa shape index (κ2) is 5.54. The van der Waals surface area contributed by atoms with Gasteiger partial charge in [0, 0.05) is 17.2 Å². The number of hydrogen-bond acceptors (Lipinski definition) is 2. The van der Waals surface area contributed by atoms with Crippen molar-refractivity contribution in [3.8, 4) is 0 Å². The van der Waals surface area contributed by atoms with Crippen molar-refractivity contribution in [1.29, 1.82) is 0 Å². The summed E-state index contributed by atoms with van der Waals surface area (Å²) in [5.74, 6) is 1.79. The number of fused-ring (bicyclic) bond motifs is 5. The Labute approximate surface area is 155 Å². The largest absolute Gasteiger partial charge is 0.327 e. The molecule has 26 heavy (non-hydrogen) atoms. The molecule has 5 rings (SSSR count). The Morgan fingerprint density at radius 2 is 1.92 bits per heavy atom. The van der Waals surface area contributed by atoms with E-state index in [4.69, 9.17) is 5.73 Å². The number of aromatic nitrogens is 2. The quantitative estimate of drug-likeness (QED) is 0.738. The molecule has 140 valence electrons. The van der Waals surface area contributed by atoms with Crippen LogP contribution in [0.15, 0.2) is 30.2 Å². The van der Waals surface area contributed by atoms with Crippen molar-refractivity contribution in [3.05, 3.63) is 36.2 Å². The Morgan fingerprint density at radius 3 is 2.69 bits per heavy atom. The van der Waals surface area contributed by atoms with E-state index in [2.05, 4.69) is 31.0 Å². The lowest BCUT2D eigenvalue weighted by Crippen LogP contribution is -2.50. The number of imidazole rings is 1. The summed E-state index contributed by atoms with van der Waals surface area (Å²) in [6, 6.07) is 0.357. The summed E-state index contributed by atoms with van der Waals surface area (Å²) in [5, 5.41) is 0. The molecule has 2 fully saturated rings. The molecular weight excluding hydrogens is 325 g/mol. The Morgan fingerprint density at radius 1 is 1.12 bits per heavy atom. The van der Waals surface area contributed by atoms with E-state index >= 15 is 0 Å². The van der Waals surface area contributed by atoms with E-state index in [-0.39, 0.29) is 11.4 Å². The van der Waals surface area contributed by atoms with Crippen LogP contribution in [0.5, 0.6) is 0 Å². The molecule has 0 radical (unpaired) electrons. The van der Waals surface area contributed by atoms with Gasteiger partial charge in [-0.2, -0.15) is 4.39 Å². The van der Waals surface area contributed by atoms with Crippen LogP contribution in [0.2, 0.25) is 0 Å². The van der Waals surface area contributed by atoms with Crippen LogP contribution >= 0.6 is 0 Å². The summed E-state index contributed by atoms with van der Waals surface area (Å²) in [6.45, 7) is 4.92. The molecule has 3 nitrogen and oxygen atoms in total. The van der Waals surface area contributed by atoms with E-state index in [1.165, 1.54) is 37.6 Å². The van der Waals surface area contributed by atoms with Gasteiger partial charge in [-0.1, -0.05) is 31.6 Å². The van der Waals surface area contributed by atoms with Crippen LogP contribution in [0, 0.1) is 34.5 Å². The first-order chi connectivity index (χ1) is 12.4. The predicted molar refractivity (Wildman–Crippen MR) is 102 cm³/mol. The van der Waals surface area contributed by atoms with Gasteiger partial charge in [-0.15, -0.1) is 0 Å². The van der Waals surface area contributed by atoms with Crippen molar-refractivity contribution in [2.24, 2.45) is 34.3 Å². The lowest BCUT2D eigenvalue weighted by Gasteiger charge is -2.57. The van der Waals surface area contributed by atoms with Gasteiger partial charge in [-0.25, -0.2) is 4.98 Å². The number of nitrogens with zero attached hydrogens (tertiary/aromatic N) is 2. The lowest BCUT2D eigenvalue weighted by molar-refractivity contribution is -0.0127. The maximum absolute atomic E-state index is 13.5. The minimum Gasteiger partial charge on any atom is -0.327 e. The first kappa shape index (κ1) is 16.7. The fourth-order valence-corrected chi connectivity index (χ4v) is 7.06. The SMILES string of the molecule is C[C@]12CC[C@H](N)CC1=CCC1C2CC[C@]2(C)C(n3cnc(F)c3)=CCC12. The van der Waals surface area contributed by atoms with Gasteiger partial charge in [-0.3, -0.25) is 0 Å². The molecule has 2 N–H and O–H groups in total. The molecular formula is C22H30FN3. The fraction of sp³-hybridized carbons (Fsp3) is 0.682. The van der Waals surface area contributed by atoms with E-state index < -0.39 is 0 Å². The molecule has 4 aliphatic rings. The van der Waals surface area contributed by atoms with Gasteiger partial charge >= 0.3 is 0 Å². The Hall–Kier alpha value is -1.42. The van der Waals surface area contributed by atoms with Crippen LogP contribution in [0.25, 0.3) is 5.70 Å². The Kier molecular flexibility index (Phi) is 3.57. The standard InChI is InChI=1S/C22H30FN3/c1-21-9-7-15(24)11-14(21)3-4-16-17-5-6-19(26-12-20(23)25-13-26)22(17,2)10-8-18(16)21/h3,6,12-13,15-18H,4-5,7-11,24H2,1-2H3/t15-,16?,17?,18?,21-,22-/m0/s1. The molecule has 4 aliphatic carbocycles. The number of hydrogen-bond donors (Lipinski definition) is 1. The van der Waals surface area contributed by atoms with Crippen molar-refractivity contribution in [2.75, 3.05) is 0 Å². The Balaban J connectivity index is 1.47. The zero-order valence-corrected chi connectivity index (χ0v) is 15.9. The summed E-state index contributed by atoms with van der Waals surface area (Å²) < 4.78 is 15.4. The highest BCUT2D eigenvalue weighted by molar-refractivity contribution is 5.57. The first-order valence-corrected chi connectivity index (χ1v) is 10.3. The van der Waals surface area contributed by atoms with Crippen molar-refractivity contribution in [1.82, 2.24) is 9.55 Å². The highest BCUT2D eigenvalue weighted by atomic mass is 19.1. The van der Waals surface area contributed by atoms with E-state index in [1.807, 2.05) is 4.57 Å². The molecule has 0 spiro atoms. The van der Waals surface area contributed by atoms with Crippen molar-refractivity contribution in [2.45, 2.75) is 64.8 Å². The number of halogens is 1. The van der Waals surface area contributed by atoms with Crippen LogP contribution in [-0.2, 0) is 0 Å². The summed E-state index contributed by atoms with van der Waals surface area (Å²) in [4.78, 5) is 3.82. The van der Waals surface area contributed by atoms with Gasteiger partial charge < -0.3 is 10.3 Å². The van der Waals surface area contributed by atoms with Gasteiger partial charge in [0.05, 0.1) is 6.20 Å². The third-order valence-electron chi connectivity index (χ3n) is 8.51. The monoisotopic (exact) mass is 355 g/mol. The van der Waals surface area contributed by atoms with Crippen LogP contribution < -0.4 is 5.73 Å². The third-order valence-corrected chi connectivity index (χ3v) is 8.51. The predicted octanol–water partition coefficient (Wildman–Crippen LogP) is 4.76. The van der Waals surface area contributed by atoms with Gasteiger partial charge in [0.15, 0.2) is 0 Å². The molecule has 1 aromatic rings. The third kappa shape index (κ3) is 2.17. The first-order valence-electron chi connectivity index (χ1n) is 10.3. The smallest absolute Gasteiger partial charge is 0.231 e. The molecule has 1 heterocycles. The van der Waals surface area contributed by atoms with E-state index in [0.717, 1.165) is 31.1 Å². The van der Waals surface area contributed by atoms with Gasteiger partial charge in [-0.05, 0) is 68.1 Å². The van der Waals surface area contributed by atoms with E-state index in [0.29, 0.717) is 17.4 Å². The molecule has 2 saturated carbocycles. The minimum absolute atomic E-state index is 0.140. The van der Waals surface area contributed by atoms with E-state index in [1.54, 1.807) is 11.9 Å². The number of nitrogens with two attached hydrogens (primary N) is 1. The average Bonchev–Trinajstić information content (AvgIpc) is 3.18. The van der Waals surface area contributed by atoms with Gasteiger partial charge in [0.2, 0.25) is 5.95 Å². The fourth-order valence-electron chi connectivity index (χ4n) is 7.06. The van der Waals surface area contributed by atoms with Gasteiger partial charge in [0.25, 0.3) is 0 Å². The molecule has 1 aromatic heterocycles. The molecule has 0 saturated heterocycles. The molecule has 3 unspecified atom stereocenters. The lowest BCUT2D eigenvalue weighted by atomic mass is 9.47. The second-order valence-corrected chi connectivity index (χ2v) is 9.65. The molecule has 0 aromatic carbocycles. The van der Waals surface area contributed by atoms with E-state index in [9.17, 15) is 4.39 Å². The summed E-state index contributed by atoms with van der Waals surface area (Å²) >= 11 is 0.